The Morgan fingerprint density at radius 1 is 1.57 bits per heavy atom. The topological polar surface area (TPSA) is 58.6 Å². The molecule has 2 N–H and O–H groups in total. The Bertz CT molecular complexity index is 577. The number of ether oxygens (including phenoxy) is 1. The zero-order valence-electron chi connectivity index (χ0n) is 11.9. The molecule has 21 heavy (non-hydrogen) atoms. The molecular weight excluding hydrogens is 290 g/mol. The maximum Gasteiger partial charge on any atom is 0.229 e. The summed E-state index contributed by atoms with van der Waals surface area (Å²) < 4.78 is 5.42. The van der Waals surface area contributed by atoms with Crippen molar-refractivity contribution < 1.29 is 14.6 Å². The minimum absolute atomic E-state index is 0.00651. The van der Waals surface area contributed by atoms with Gasteiger partial charge in [0.15, 0.2) is 0 Å². The van der Waals surface area contributed by atoms with Crippen molar-refractivity contribution in [2.45, 2.75) is 25.9 Å². The van der Waals surface area contributed by atoms with E-state index in [9.17, 15) is 4.79 Å². The molecule has 1 aliphatic heterocycles. The summed E-state index contributed by atoms with van der Waals surface area (Å²) in [4.78, 5) is 12.2. The summed E-state index contributed by atoms with van der Waals surface area (Å²) in [5, 5.41) is 12.2. The average Bonchev–Trinajstić information content (AvgIpc) is 2.88. The van der Waals surface area contributed by atoms with Gasteiger partial charge >= 0.3 is 0 Å². The van der Waals surface area contributed by atoms with Crippen LogP contribution in [-0.4, -0.2) is 30.3 Å². The van der Waals surface area contributed by atoms with Crippen molar-refractivity contribution in [2.24, 2.45) is 5.92 Å². The van der Waals surface area contributed by atoms with E-state index in [4.69, 9.17) is 21.4 Å². The number of hydrogen-bond donors (Lipinski definition) is 2. The molecule has 2 atom stereocenters. The molecule has 5 heteroatoms. The van der Waals surface area contributed by atoms with Gasteiger partial charge in [0, 0.05) is 17.0 Å². The predicted molar refractivity (Wildman–Crippen MR) is 82.2 cm³/mol. The molecule has 1 aromatic carbocycles. The molecule has 0 saturated carbocycles. The molecule has 0 aliphatic carbocycles. The van der Waals surface area contributed by atoms with Crippen molar-refractivity contribution in [2.75, 3.05) is 18.5 Å². The highest BCUT2D eigenvalue weighted by Gasteiger charge is 2.28. The number of rotatable bonds is 3. The monoisotopic (exact) mass is 307 g/mol. The van der Waals surface area contributed by atoms with Crippen molar-refractivity contribution in [3.8, 4) is 11.8 Å². The van der Waals surface area contributed by atoms with Crippen molar-refractivity contribution in [3.05, 3.63) is 28.8 Å². The third-order valence-corrected chi connectivity index (χ3v) is 3.50. The first kappa shape index (κ1) is 15.8. The Labute approximate surface area is 129 Å². The number of anilines is 1. The Balaban J connectivity index is 2.12. The molecular formula is C16H18ClNO3. The number of carbonyl (C=O) groups is 1. The third kappa shape index (κ3) is 4.47. The lowest BCUT2D eigenvalue weighted by Gasteiger charge is -2.11. The van der Waals surface area contributed by atoms with Crippen LogP contribution in [0, 0.1) is 17.8 Å². The van der Waals surface area contributed by atoms with Crippen LogP contribution in [0.25, 0.3) is 0 Å². The molecule has 1 amide bonds. The van der Waals surface area contributed by atoms with Crippen LogP contribution in [0.3, 0.4) is 0 Å². The predicted octanol–water partition coefficient (Wildman–Crippen LogP) is 2.44. The van der Waals surface area contributed by atoms with Gasteiger partial charge in [-0.05, 0) is 31.5 Å². The Hall–Kier alpha value is -1.54. The molecule has 1 saturated heterocycles. The number of benzene rings is 1. The van der Waals surface area contributed by atoms with Crippen LogP contribution in [-0.2, 0) is 9.53 Å². The zero-order valence-corrected chi connectivity index (χ0v) is 12.6. The van der Waals surface area contributed by atoms with Gasteiger partial charge in [0.1, 0.15) is 0 Å². The highest BCUT2D eigenvalue weighted by Crippen LogP contribution is 2.24. The summed E-state index contributed by atoms with van der Waals surface area (Å²) >= 11 is 5.96. The minimum atomic E-state index is -0.131. The van der Waals surface area contributed by atoms with Gasteiger partial charge in [-0.2, -0.15) is 0 Å². The van der Waals surface area contributed by atoms with E-state index in [0.29, 0.717) is 29.3 Å². The van der Waals surface area contributed by atoms with E-state index in [1.165, 1.54) is 0 Å². The van der Waals surface area contributed by atoms with E-state index in [1.807, 2.05) is 6.92 Å². The van der Waals surface area contributed by atoms with E-state index in [0.717, 1.165) is 6.42 Å². The minimum Gasteiger partial charge on any atom is -0.395 e. The Morgan fingerprint density at radius 3 is 3.05 bits per heavy atom. The van der Waals surface area contributed by atoms with Gasteiger partial charge < -0.3 is 15.2 Å². The number of aliphatic hydroxyl groups excluding tert-OH is 1. The number of amides is 1. The quantitative estimate of drug-likeness (QED) is 0.843. The first-order valence-electron chi connectivity index (χ1n) is 6.92. The number of hydrogen-bond acceptors (Lipinski definition) is 3. The standard InChI is InChI=1S/C16H18ClNO3/c1-11-8-13(10-21-11)16(20)18-15-6-5-14(17)9-12(15)4-2-3-7-19/h5-6,9,11,13,19H,3,7-8,10H2,1H3,(H,18,20). The number of aliphatic hydroxyl groups is 1. The average molecular weight is 308 g/mol. The van der Waals surface area contributed by atoms with Crippen molar-refractivity contribution in [1.82, 2.24) is 0 Å². The Morgan fingerprint density at radius 2 is 2.38 bits per heavy atom. The van der Waals surface area contributed by atoms with Crippen LogP contribution in [0.1, 0.15) is 25.3 Å². The lowest BCUT2D eigenvalue weighted by molar-refractivity contribution is -0.119. The molecule has 0 aromatic heterocycles. The van der Waals surface area contributed by atoms with E-state index in [2.05, 4.69) is 17.2 Å². The van der Waals surface area contributed by atoms with Crippen molar-refractivity contribution >= 4 is 23.2 Å². The molecule has 1 heterocycles. The molecule has 1 aliphatic rings. The molecule has 2 unspecified atom stereocenters. The van der Waals surface area contributed by atoms with Gasteiger partial charge in [0.05, 0.1) is 30.9 Å². The molecule has 0 radical (unpaired) electrons. The first-order chi connectivity index (χ1) is 10.1. The molecule has 0 bridgehead atoms. The fourth-order valence-electron chi connectivity index (χ4n) is 2.18. The Kier molecular flexibility index (Phi) is 5.63. The molecule has 0 spiro atoms. The molecule has 1 fully saturated rings. The van der Waals surface area contributed by atoms with Gasteiger partial charge in [-0.25, -0.2) is 0 Å². The largest absolute Gasteiger partial charge is 0.395 e. The number of nitrogens with one attached hydrogen (secondary N) is 1. The van der Waals surface area contributed by atoms with Crippen LogP contribution in [0.15, 0.2) is 18.2 Å². The summed E-state index contributed by atoms with van der Waals surface area (Å²) in [5.41, 5.74) is 1.28. The summed E-state index contributed by atoms with van der Waals surface area (Å²) in [5.74, 6) is 5.56. The first-order valence-corrected chi connectivity index (χ1v) is 7.29. The van der Waals surface area contributed by atoms with Crippen molar-refractivity contribution in [3.63, 3.8) is 0 Å². The van der Waals surface area contributed by atoms with Gasteiger partial charge in [-0.1, -0.05) is 23.4 Å². The highest BCUT2D eigenvalue weighted by atomic mass is 35.5. The van der Waals surface area contributed by atoms with Gasteiger partial charge in [0.25, 0.3) is 0 Å². The third-order valence-electron chi connectivity index (χ3n) is 3.27. The smallest absolute Gasteiger partial charge is 0.229 e. The fraction of sp³-hybridized carbons (Fsp3) is 0.438. The lowest BCUT2D eigenvalue weighted by Crippen LogP contribution is -2.23. The second-order valence-corrected chi connectivity index (χ2v) is 5.47. The summed E-state index contributed by atoms with van der Waals surface area (Å²) in [6.07, 6.45) is 1.23. The molecule has 1 aromatic rings. The summed E-state index contributed by atoms with van der Waals surface area (Å²) in [7, 11) is 0. The zero-order chi connectivity index (χ0) is 15.2. The molecule has 4 nitrogen and oxygen atoms in total. The van der Waals surface area contributed by atoms with Crippen LogP contribution < -0.4 is 5.32 Å². The fourth-order valence-corrected chi connectivity index (χ4v) is 2.35. The maximum atomic E-state index is 12.2. The number of carbonyl (C=O) groups excluding carboxylic acids is 1. The van der Waals surface area contributed by atoms with E-state index >= 15 is 0 Å². The number of halogens is 1. The van der Waals surface area contributed by atoms with E-state index < -0.39 is 0 Å². The summed E-state index contributed by atoms with van der Waals surface area (Å²) in [6.45, 7) is 2.42. The van der Waals surface area contributed by atoms with Crippen LogP contribution in [0.4, 0.5) is 5.69 Å². The highest BCUT2D eigenvalue weighted by molar-refractivity contribution is 6.30. The maximum absolute atomic E-state index is 12.2. The SMILES string of the molecule is CC1CC(C(=O)Nc2ccc(Cl)cc2C#CCCO)CO1. The van der Waals surface area contributed by atoms with Gasteiger partial charge in [-0.15, -0.1) is 0 Å². The molecule has 112 valence electrons. The van der Waals surface area contributed by atoms with Crippen LogP contribution >= 0.6 is 11.6 Å². The van der Waals surface area contributed by atoms with Gasteiger partial charge in [0.2, 0.25) is 5.91 Å². The summed E-state index contributed by atoms with van der Waals surface area (Å²) in [6, 6.07) is 5.15. The second kappa shape index (κ2) is 7.46. The second-order valence-electron chi connectivity index (χ2n) is 5.03. The lowest BCUT2D eigenvalue weighted by atomic mass is 10.0. The van der Waals surface area contributed by atoms with Crippen LogP contribution in [0.5, 0.6) is 0 Å². The van der Waals surface area contributed by atoms with Crippen molar-refractivity contribution in [1.29, 1.82) is 0 Å². The van der Waals surface area contributed by atoms with Crippen LogP contribution in [0.2, 0.25) is 5.02 Å². The molecule has 2 rings (SSSR count). The normalized spacial score (nSPS) is 20.7. The van der Waals surface area contributed by atoms with E-state index in [1.54, 1.807) is 18.2 Å². The van der Waals surface area contributed by atoms with E-state index in [-0.39, 0.29) is 24.5 Å². The van der Waals surface area contributed by atoms with Gasteiger partial charge in [-0.3, -0.25) is 4.79 Å².